The molecule has 0 aliphatic carbocycles. The van der Waals surface area contributed by atoms with E-state index in [1.165, 1.54) is 11.6 Å². The van der Waals surface area contributed by atoms with Crippen LogP contribution in [0.25, 0.3) is 22.3 Å². The van der Waals surface area contributed by atoms with Crippen LogP contribution in [0.3, 0.4) is 0 Å². The van der Waals surface area contributed by atoms with Crippen molar-refractivity contribution in [3.8, 4) is 22.3 Å². The summed E-state index contributed by atoms with van der Waals surface area (Å²) in [5, 5.41) is 2.92. The summed E-state index contributed by atoms with van der Waals surface area (Å²) in [6, 6.07) is 32.8. The first kappa shape index (κ1) is 39.4. The highest BCUT2D eigenvalue weighted by Gasteiger charge is 2.31. The molecule has 0 aromatic heterocycles. The van der Waals surface area contributed by atoms with E-state index in [0.29, 0.717) is 28.8 Å². The van der Waals surface area contributed by atoms with Crippen LogP contribution in [0.5, 0.6) is 0 Å². The van der Waals surface area contributed by atoms with Crippen molar-refractivity contribution in [3.05, 3.63) is 148 Å². The number of amides is 1. The van der Waals surface area contributed by atoms with E-state index in [4.69, 9.17) is 16.2 Å². The normalized spacial score (nSPS) is 12.7. The molecule has 0 spiro atoms. The number of anilines is 1. The molecule has 1 unspecified atom stereocenters. The minimum Gasteiger partial charge on any atom is -0.326 e. The van der Waals surface area contributed by atoms with Crippen LogP contribution < -0.4 is 5.32 Å². The van der Waals surface area contributed by atoms with Crippen molar-refractivity contribution < 1.29 is 35.7 Å². The third-order valence-electron chi connectivity index (χ3n) is 9.00. The second-order valence-corrected chi connectivity index (χ2v) is 16.0. The topological polar surface area (TPSA) is 101 Å². The predicted octanol–water partition coefficient (Wildman–Crippen LogP) is 10.8. The highest BCUT2D eigenvalue weighted by molar-refractivity contribution is 7.85. The second kappa shape index (κ2) is 16.1. The third-order valence-corrected chi connectivity index (χ3v) is 10.1. The molecule has 5 aromatic carbocycles. The maximum Gasteiger partial charge on any atom is 0.416 e. The maximum atomic E-state index is 14.0. The van der Waals surface area contributed by atoms with Crippen LogP contribution >= 0.6 is 11.6 Å². The van der Waals surface area contributed by atoms with Crippen molar-refractivity contribution in [2.45, 2.75) is 57.5 Å². The van der Waals surface area contributed by atoms with Crippen molar-refractivity contribution >= 4 is 39.1 Å². The lowest BCUT2D eigenvalue weighted by Crippen LogP contribution is -2.23. The minimum absolute atomic E-state index is 0.00323. The van der Waals surface area contributed by atoms with Gasteiger partial charge in [0.05, 0.1) is 17.2 Å². The van der Waals surface area contributed by atoms with Gasteiger partial charge in [0.2, 0.25) is 5.91 Å². The molecular formula is C42H39ClF3NO5S. The van der Waals surface area contributed by atoms with Gasteiger partial charge in [0.1, 0.15) is 0 Å². The molecule has 0 saturated carbocycles. The smallest absolute Gasteiger partial charge is 0.326 e. The Morgan fingerprint density at radius 3 is 1.83 bits per heavy atom. The fourth-order valence-corrected chi connectivity index (χ4v) is 6.74. The summed E-state index contributed by atoms with van der Waals surface area (Å²) in [6.45, 7) is 6.47. The molecule has 11 heteroatoms. The number of carbonyl (C=O) groups excluding carboxylic acids is 2. The third kappa shape index (κ3) is 10.7. The van der Waals surface area contributed by atoms with Crippen LogP contribution in [0.2, 0.25) is 5.02 Å². The van der Waals surface area contributed by atoms with E-state index >= 15 is 0 Å². The zero-order chi connectivity index (χ0) is 38.6. The highest BCUT2D eigenvalue weighted by Crippen LogP contribution is 2.36. The number of hydrogen-bond acceptors (Lipinski definition) is 4. The van der Waals surface area contributed by atoms with Gasteiger partial charge in [-0.05, 0) is 75.9 Å². The standard InChI is InChI=1S/C42H39ClF3NO5S/c1-41(2,3)33-18-14-29(15-19-33)28-10-12-31(13-11-28)37(25-27-6-8-32(9-7-27)39(48)5-4-24-53(50,51)52)40(49)47-35-21-16-30(17-22-35)36-23-20-34(26-38(36)43)42(44,45)46/h6-23,26,37H,4-5,24-25H2,1-3H3,(H,47,49)(H,50,51,52). The fourth-order valence-electron chi connectivity index (χ4n) is 5.94. The molecule has 5 rings (SSSR count). The summed E-state index contributed by atoms with van der Waals surface area (Å²) in [5.41, 5.74) is 5.84. The molecule has 0 saturated heterocycles. The first-order chi connectivity index (χ1) is 24.9. The van der Waals surface area contributed by atoms with Gasteiger partial charge >= 0.3 is 6.18 Å². The van der Waals surface area contributed by atoms with Gasteiger partial charge in [0, 0.05) is 28.3 Å². The Balaban J connectivity index is 1.37. The predicted molar refractivity (Wildman–Crippen MR) is 204 cm³/mol. The number of Topliss-reactive ketones (excluding diaryl/α,β-unsaturated/α-hetero) is 1. The molecule has 1 amide bonds. The van der Waals surface area contributed by atoms with Gasteiger partial charge < -0.3 is 5.32 Å². The van der Waals surface area contributed by atoms with Crippen molar-refractivity contribution in [2.24, 2.45) is 0 Å². The summed E-state index contributed by atoms with van der Waals surface area (Å²) < 4.78 is 70.4. The summed E-state index contributed by atoms with van der Waals surface area (Å²) in [5.74, 6) is -1.70. The molecule has 1 atom stereocenters. The first-order valence-corrected chi connectivity index (χ1v) is 18.9. The number of alkyl halides is 3. The number of halogens is 4. The molecule has 0 bridgehead atoms. The fraction of sp³-hybridized carbons (Fsp3) is 0.238. The van der Waals surface area contributed by atoms with Crippen LogP contribution in [0.15, 0.2) is 115 Å². The number of benzene rings is 5. The van der Waals surface area contributed by atoms with E-state index in [2.05, 4.69) is 50.4 Å². The van der Waals surface area contributed by atoms with Crippen molar-refractivity contribution in [2.75, 3.05) is 11.1 Å². The van der Waals surface area contributed by atoms with Gasteiger partial charge in [0.15, 0.2) is 5.78 Å². The highest BCUT2D eigenvalue weighted by atomic mass is 35.5. The number of nitrogens with one attached hydrogen (secondary N) is 1. The van der Waals surface area contributed by atoms with Gasteiger partial charge in [-0.25, -0.2) is 0 Å². The van der Waals surface area contributed by atoms with E-state index in [9.17, 15) is 31.2 Å². The Morgan fingerprint density at radius 1 is 0.755 bits per heavy atom. The Hall–Kier alpha value is -4.77. The second-order valence-electron chi connectivity index (χ2n) is 14.0. The van der Waals surface area contributed by atoms with E-state index in [1.807, 2.05) is 24.3 Å². The molecule has 6 nitrogen and oxygen atoms in total. The lowest BCUT2D eigenvalue weighted by molar-refractivity contribution is -0.137. The number of rotatable bonds is 12. The van der Waals surface area contributed by atoms with Crippen molar-refractivity contribution in [3.63, 3.8) is 0 Å². The Morgan fingerprint density at radius 2 is 1.30 bits per heavy atom. The average Bonchev–Trinajstić information content (AvgIpc) is 3.10. The summed E-state index contributed by atoms with van der Waals surface area (Å²) >= 11 is 6.20. The van der Waals surface area contributed by atoms with Crippen LogP contribution in [-0.4, -0.2) is 30.4 Å². The summed E-state index contributed by atoms with van der Waals surface area (Å²) in [4.78, 5) is 26.6. The molecule has 0 radical (unpaired) electrons. The van der Waals surface area contributed by atoms with Crippen LogP contribution in [0.4, 0.5) is 18.9 Å². The van der Waals surface area contributed by atoms with E-state index in [0.717, 1.165) is 34.4 Å². The van der Waals surface area contributed by atoms with Crippen LogP contribution in [0, 0.1) is 0 Å². The molecule has 276 valence electrons. The minimum atomic E-state index is -4.52. The van der Waals surface area contributed by atoms with Gasteiger partial charge in [-0.3, -0.25) is 14.1 Å². The summed E-state index contributed by atoms with van der Waals surface area (Å²) in [6.07, 6.45) is -4.27. The average molecular weight is 762 g/mol. The Labute approximate surface area is 312 Å². The van der Waals surface area contributed by atoms with E-state index < -0.39 is 33.5 Å². The number of ketones is 1. The monoisotopic (exact) mass is 761 g/mol. The van der Waals surface area contributed by atoms with Crippen LogP contribution in [-0.2, 0) is 32.9 Å². The van der Waals surface area contributed by atoms with Gasteiger partial charge in [0.25, 0.3) is 10.1 Å². The Kier molecular flexibility index (Phi) is 12.0. The largest absolute Gasteiger partial charge is 0.416 e. The van der Waals surface area contributed by atoms with Gasteiger partial charge in [-0.2, -0.15) is 21.6 Å². The van der Waals surface area contributed by atoms with Crippen LogP contribution in [0.1, 0.15) is 72.1 Å². The zero-order valence-electron chi connectivity index (χ0n) is 29.4. The van der Waals surface area contributed by atoms with Gasteiger partial charge in [-0.15, -0.1) is 0 Å². The lowest BCUT2D eigenvalue weighted by atomic mass is 9.86. The van der Waals surface area contributed by atoms with E-state index in [-0.39, 0.29) is 35.0 Å². The van der Waals surface area contributed by atoms with Crippen molar-refractivity contribution in [1.29, 1.82) is 0 Å². The van der Waals surface area contributed by atoms with Crippen molar-refractivity contribution in [1.82, 2.24) is 0 Å². The molecule has 53 heavy (non-hydrogen) atoms. The Bertz CT molecular complexity index is 2180. The van der Waals surface area contributed by atoms with Gasteiger partial charge in [-0.1, -0.05) is 123 Å². The molecule has 0 heterocycles. The maximum absolute atomic E-state index is 14.0. The summed E-state index contributed by atoms with van der Waals surface area (Å²) in [7, 11) is -4.16. The lowest BCUT2D eigenvalue weighted by Gasteiger charge is -2.20. The SMILES string of the molecule is CC(C)(C)c1ccc(-c2ccc(C(Cc3ccc(C(=O)CCCS(=O)(=O)O)cc3)C(=O)Nc3ccc(-c4ccc(C(F)(F)F)cc4Cl)cc3)cc2)cc1. The first-order valence-electron chi connectivity index (χ1n) is 16.9. The molecular weight excluding hydrogens is 723 g/mol. The zero-order valence-corrected chi connectivity index (χ0v) is 30.9. The van der Waals surface area contributed by atoms with E-state index in [1.54, 1.807) is 48.5 Å². The molecule has 5 aromatic rings. The molecule has 2 N–H and O–H groups in total. The quantitative estimate of drug-likeness (QED) is 0.0974. The molecule has 0 aliphatic rings. The number of hydrogen-bond donors (Lipinski definition) is 2. The molecule has 0 fully saturated rings. The number of carbonyl (C=O) groups is 2. The molecule has 0 aliphatic heterocycles.